The van der Waals surface area contributed by atoms with Gasteiger partial charge in [-0.25, -0.2) is 0 Å². The highest BCUT2D eigenvalue weighted by Gasteiger charge is 2.47. The van der Waals surface area contributed by atoms with Crippen LogP contribution in [0.1, 0.15) is 45.4 Å². The highest BCUT2D eigenvalue weighted by atomic mass is 16.2. The van der Waals surface area contributed by atoms with Crippen molar-refractivity contribution < 1.29 is 14.4 Å². The molecule has 2 unspecified atom stereocenters. The molecule has 0 radical (unpaired) electrons. The number of carbonyl (C=O) groups excluding carboxylic acids is 3. The van der Waals surface area contributed by atoms with Gasteiger partial charge in [-0.3, -0.25) is 14.4 Å². The quantitative estimate of drug-likeness (QED) is 0.645. The maximum absolute atomic E-state index is 12.3. The Hall–Kier alpha value is -2.63. The van der Waals surface area contributed by atoms with Gasteiger partial charge in [0.05, 0.1) is 11.8 Å². The highest BCUT2D eigenvalue weighted by molar-refractivity contribution is 5.99. The lowest BCUT2D eigenvalue weighted by Crippen LogP contribution is -2.28. The van der Waals surface area contributed by atoms with Crippen LogP contribution in [0.5, 0.6) is 0 Å². The molecule has 0 saturated heterocycles. The van der Waals surface area contributed by atoms with E-state index >= 15 is 0 Å². The number of hydrogen-bond acceptors (Lipinski definition) is 3. The Morgan fingerprint density at radius 1 is 0.963 bits per heavy atom. The number of allylic oxidation sites excluding steroid dienone is 1. The van der Waals surface area contributed by atoms with Crippen molar-refractivity contribution in [2.45, 2.75) is 45.4 Å². The summed E-state index contributed by atoms with van der Waals surface area (Å²) in [5.41, 5.74) is 2.77. The first kappa shape index (κ1) is 19.1. The second kappa shape index (κ2) is 8.84. The van der Waals surface area contributed by atoms with E-state index in [2.05, 4.69) is 22.0 Å². The summed E-state index contributed by atoms with van der Waals surface area (Å²) in [5, 5.41) is 8.48. The van der Waals surface area contributed by atoms with Crippen molar-refractivity contribution in [2.24, 2.45) is 11.8 Å². The van der Waals surface area contributed by atoms with Crippen molar-refractivity contribution in [1.82, 2.24) is 5.32 Å². The monoisotopic (exact) mass is 369 g/mol. The van der Waals surface area contributed by atoms with Crippen LogP contribution in [0.3, 0.4) is 0 Å². The predicted molar refractivity (Wildman–Crippen MR) is 105 cm³/mol. The molecular formula is C21H27N3O3. The van der Waals surface area contributed by atoms with E-state index in [1.54, 1.807) is 24.3 Å². The number of amides is 3. The molecule has 1 aromatic carbocycles. The minimum atomic E-state index is -0.256. The third-order valence-corrected chi connectivity index (χ3v) is 5.07. The molecule has 1 saturated carbocycles. The summed E-state index contributed by atoms with van der Waals surface area (Å²) >= 11 is 0. The van der Waals surface area contributed by atoms with Crippen LogP contribution in [0.15, 0.2) is 35.9 Å². The molecular weight excluding hydrogens is 342 g/mol. The van der Waals surface area contributed by atoms with E-state index in [1.807, 2.05) is 0 Å². The van der Waals surface area contributed by atoms with E-state index < -0.39 is 0 Å². The zero-order chi connectivity index (χ0) is 19.2. The van der Waals surface area contributed by atoms with Crippen LogP contribution in [0.4, 0.5) is 11.4 Å². The summed E-state index contributed by atoms with van der Waals surface area (Å²) < 4.78 is 0. The van der Waals surface area contributed by atoms with E-state index in [-0.39, 0.29) is 29.6 Å². The second-order valence-corrected chi connectivity index (χ2v) is 7.35. The Morgan fingerprint density at radius 2 is 1.63 bits per heavy atom. The molecule has 1 fully saturated rings. The van der Waals surface area contributed by atoms with Crippen molar-refractivity contribution in [3.8, 4) is 0 Å². The molecule has 0 aromatic heterocycles. The number of rotatable bonds is 7. The average molecular weight is 369 g/mol. The van der Waals surface area contributed by atoms with Crippen LogP contribution in [-0.4, -0.2) is 24.3 Å². The fourth-order valence-electron chi connectivity index (χ4n) is 3.46. The Kier molecular flexibility index (Phi) is 6.27. The summed E-state index contributed by atoms with van der Waals surface area (Å²) in [6, 6.07) is 6.93. The largest absolute Gasteiger partial charge is 0.356 e. The fraction of sp³-hybridized carbons (Fsp3) is 0.476. The Morgan fingerprint density at radius 3 is 2.26 bits per heavy atom. The topological polar surface area (TPSA) is 87.3 Å². The van der Waals surface area contributed by atoms with Crippen LogP contribution in [0.2, 0.25) is 0 Å². The summed E-state index contributed by atoms with van der Waals surface area (Å²) in [5.74, 6) is -0.763. The molecule has 2 atom stereocenters. The van der Waals surface area contributed by atoms with Gasteiger partial charge < -0.3 is 16.0 Å². The molecule has 0 aliphatic heterocycles. The Balaban J connectivity index is 1.39. The molecule has 3 amide bonds. The van der Waals surface area contributed by atoms with Gasteiger partial charge in [-0.15, -0.1) is 0 Å². The zero-order valence-electron chi connectivity index (χ0n) is 15.7. The lowest BCUT2D eigenvalue weighted by atomic mass is 9.97. The minimum absolute atomic E-state index is 0.0208. The van der Waals surface area contributed by atoms with E-state index in [1.165, 1.54) is 25.3 Å². The maximum atomic E-state index is 12.3. The molecule has 0 bridgehead atoms. The van der Waals surface area contributed by atoms with Gasteiger partial charge in [-0.2, -0.15) is 0 Å². The van der Waals surface area contributed by atoms with Gasteiger partial charge >= 0.3 is 0 Å². The normalized spacial score (nSPS) is 21.0. The maximum Gasteiger partial charge on any atom is 0.228 e. The SMILES string of the molecule is CC(=O)Nc1ccc(NC(=O)C2CC2C(=O)NCCC2=CCCCC2)cc1. The van der Waals surface area contributed by atoms with Crippen molar-refractivity contribution in [3.63, 3.8) is 0 Å². The molecule has 27 heavy (non-hydrogen) atoms. The van der Waals surface area contributed by atoms with Crippen molar-refractivity contribution in [3.05, 3.63) is 35.9 Å². The van der Waals surface area contributed by atoms with E-state index in [4.69, 9.17) is 0 Å². The predicted octanol–water partition coefficient (Wildman–Crippen LogP) is 3.23. The Bertz CT molecular complexity index is 740. The molecule has 3 N–H and O–H groups in total. The van der Waals surface area contributed by atoms with E-state index in [9.17, 15) is 14.4 Å². The fourth-order valence-corrected chi connectivity index (χ4v) is 3.46. The lowest BCUT2D eigenvalue weighted by Gasteiger charge is -2.13. The first-order valence-corrected chi connectivity index (χ1v) is 9.67. The van der Waals surface area contributed by atoms with Gasteiger partial charge in [0.2, 0.25) is 17.7 Å². The van der Waals surface area contributed by atoms with Crippen LogP contribution in [0, 0.1) is 11.8 Å². The summed E-state index contributed by atoms with van der Waals surface area (Å²) in [6.07, 6.45) is 8.62. The molecule has 2 aliphatic carbocycles. The lowest BCUT2D eigenvalue weighted by molar-refractivity contribution is -0.125. The molecule has 144 valence electrons. The van der Waals surface area contributed by atoms with Crippen LogP contribution in [-0.2, 0) is 14.4 Å². The molecule has 2 aliphatic rings. The average Bonchev–Trinajstić information content (AvgIpc) is 3.45. The third kappa shape index (κ3) is 5.67. The number of benzene rings is 1. The van der Waals surface area contributed by atoms with Crippen LogP contribution < -0.4 is 16.0 Å². The smallest absolute Gasteiger partial charge is 0.228 e. The van der Waals surface area contributed by atoms with Gasteiger partial charge in [-0.1, -0.05) is 11.6 Å². The third-order valence-electron chi connectivity index (χ3n) is 5.07. The van der Waals surface area contributed by atoms with E-state index in [0.29, 0.717) is 24.3 Å². The first-order valence-electron chi connectivity index (χ1n) is 9.67. The number of hydrogen-bond donors (Lipinski definition) is 3. The van der Waals surface area contributed by atoms with E-state index in [0.717, 1.165) is 19.3 Å². The summed E-state index contributed by atoms with van der Waals surface area (Å²) in [4.78, 5) is 35.5. The Labute approximate surface area is 159 Å². The summed E-state index contributed by atoms with van der Waals surface area (Å²) in [6.45, 7) is 2.10. The standard InChI is InChI=1S/C21H27N3O3/c1-14(25)23-16-7-9-17(10-8-16)24-21(27)19-13-18(19)20(26)22-12-11-15-5-3-2-4-6-15/h5,7-10,18-19H,2-4,6,11-13H2,1H3,(H,22,26)(H,23,25)(H,24,27). The second-order valence-electron chi connectivity index (χ2n) is 7.35. The van der Waals surface area contributed by atoms with Gasteiger partial charge in [0, 0.05) is 24.8 Å². The molecule has 6 nitrogen and oxygen atoms in total. The van der Waals surface area contributed by atoms with Crippen molar-refractivity contribution >= 4 is 29.1 Å². The number of anilines is 2. The zero-order valence-corrected chi connectivity index (χ0v) is 15.7. The number of carbonyl (C=O) groups is 3. The molecule has 1 aromatic rings. The molecule has 3 rings (SSSR count). The van der Waals surface area contributed by atoms with Crippen LogP contribution >= 0.6 is 0 Å². The van der Waals surface area contributed by atoms with Crippen molar-refractivity contribution in [1.29, 1.82) is 0 Å². The molecule has 0 heterocycles. The van der Waals surface area contributed by atoms with Crippen molar-refractivity contribution in [2.75, 3.05) is 17.2 Å². The molecule has 0 spiro atoms. The first-order chi connectivity index (χ1) is 13.0. The van der Waals surface area contributed by atoms with Crippen LogP contribution in [0.25, 0.3) is 0 Å². The number of nitrogens with one attached hydrogen (secondary N) is 3. The minimum Gasteiger partial charge on any atom is -0.356 e. The van der Waals surface area contributed by atoms with Gasteiger partial charge in [0.1, 0.15) is 0 Å². The van der Waals surface area contributed by atoms with Gasteiger partial charge in [0.25, 0.3) is 0 Å². The van der Waals surface area contributed by atoms with Gasteiger partial charge in [0.15, 0.2) is 0 Å². The summed E-state index contributed by atoms with van der Waals surface area (Å²) in [7, 11) is 0. The molecule has 6 heteroatoms. The highest BCUT2D eigenvalue weighted by Crippen LogP contribution is 2.39. The van der Waals surface area contributed by atoms with Gasteiger partial charge in [-0.05, 0) is 62.8 Å².